The molecule has 2 aromatic rings. The number of carbonyl (C=O) groups is 1. The molecule has 31 heavy (non-hydrogen) atoms. The van der Waals surface area contributed by atoms with Crippen molar-refractivity contribution in [2.45, 2.75) is 26.3 Å². The third-order valence-electron chi connectivity index (χ3n) is 5.33. The van der Waals surface area contributed by atoms with Crippen molar-refractivity contribution in [1.82, 2.24) is 15.5 Å². The average Bonchev–Trinajstić information content (AvgIpc) is 2.76. The van der Waals surface area contributed by atoms with Gasteiger partial charge in [0.15, 0.2) is 16.6 Å². The smallest absolute Gasteiger partial charge is 0.322 e. The van der Waals surface area contributed by atoms with Crippen molar-refractivity contribution in [3.63, 3.8) is 0 Å². The molecule has 166 valence electrons. The number of hydrogen-bond acceptors (Lipinski definition) is 4. The summed E-state index contributed by atoms with van der Waals surface area (Å²) in [6.07, 6.45) is 0.727. The number of aryl methyl sites for hydroxylation is 1. The Balaban J connectivity index is 1.90. The molecule has 0 aliphatic carbocycles. The molecule has 1 heterocycles. The lowest BCUT2D eigenvalue weighted by Crippen LogP contribution is -2.48. The van der Waals surface area contributed by atoms with Crippen LogP contribution in [0, 0.1) is 6.92 Å². The first-order valence-electron chi connectivity index (χ1n) is 10.4. The number of ether oxygens (including phenoxy) is 2. The molecule has 1 aliphatic heterocycles. The minimum absolute atomic E-state index is 0.146. The van der Waals surface area contributed by atoms with E-state index >= 15 is 0 Å². The van der Waals surface area contributed by atoms with Crippen LogP contribution in [0.15, 0.2) is 36.4 Å². The van der Waals surface area contributed by atoms with Crippen molar-refractivity contribution in [2.75, 3.05) is 39.2 Å². The maximum Gasteiger partial charge on any atom is 0.322 e. The van der Waals surface area contributed by atoms with Crippen LogP contribution in [-0.2, 0) is 6.42 Å². The zero-order chi connectivity index (χ0) is 22.4. The molecule has 0 fully saturated rings. The van der Waals surface area contributed by atoms with Gasteiger partial charge in [-0.05, 0) is 73.4 Å². The molecule has 7 nitrogen and oxygen atoms in total. The molecule has 2 amide bonds. The van der Waals surface area contributed by atoms with Gasteiger partial charge in [0.25, 0.3) is 0 Å². The van der Waals surface area contributed by atoms with E-state index in [1.165, 1.54) is 0 Å². The second-order valence-corrected chi connectivity index (χ2v) is 7.81. The van der Waals surface area contributed by atoms with E-state index in [0.717, 1.165) is 35.3 Å². The van der Waals surface area contributed by atoms with Crippen LogP contribution in [0.25, 0.3) is 0 Å². The van der Waals surface area contributed by atoms with Gasteiger partial charge in [-0.1, -0.05) is 12.1 Å². The fourth-order valence-electron chi connectivity index (χ4n) is 3.82. The Labute approximate surface area is 189 Å². The Morgan fingerprint density at radius 2 is 1.90 bits per heavy atom. The van der Waals surface area contributed by atoms with Gasteiger partial charge in [0.1, 0.15) is 0 Å². The molecule has 1 aliphatic rings. The van der Waals surface area contributed by atoms with Crippen LogP contribution >= 0.6 is 12.2 Å². The number of anilines is 1. The summed E-state index contributed by atoms with van der Waals surface area (Å²) in [6.45, 7) is 5.79. The number of benzene rings is 2. The molecule has 0 radical (unpaired) electrons. The Morgan fingerprint density at radius 3 is 2.58 bits per heavy atom. The number of rotatable bonds is 6. The maximum absolute atomic E-state index is 13.2. The highest BCUT2D eigenvalue weighted by atomic mass is 32.1. The van der Waals surface area contributed by atoms with Gasteiger partial charge < -0.3 is 30.3 Å². The lowest BCUT2D eigenvalue weighted by Gasteiger charge is -2.38. The summed E-state index contributed by atoms with van der Waals surface area (Å²) < 4.78 is 11.0. The zero-order valence-electron chi connectivity index (χ0n) is 18.5. The first-order valence-corrected chi connectivity index (χ1v) is 10.8. The number of thiocarbonyl (C=S) groups is 1. The van der Waals surface area contributed by atoms with Crippen LogP contribution in [-0.4, -0.2) is 49.9 Å². The first-order chi connectivity index (χ1) is 15.0. The maximum atomic E-state index is 13.2. The molecule has 0 spiro atoms. The molecule has 3 rings (SSSR count). The van der Waals surface area contributed by atoms with E-state index in [4.69, 9.17) is 21.7 Å². The van der Waals surface area contributed by atoms with E-state index in [0.29, 0.717) is 29.7 Å². The Morgan fingerprint density at radius 1 is 1.16 bits per heavy atom. The van der Waals surface area contributed by atoms with E-state index < -0.39 is 0 Å². The van der Waals surface area contributed by atoms with Gasteiger partial charge in [-0.2, -0.15) is 0 Å². The standard InChI is InChI=1S/C23H30N4O3S/c1-5-24-22(31)25-14-19-18-13-21(30-4)20(29-3)12-16(18)9-10-27(19)23(28)26-17-8-6-7-15(2)11-17/h6-8,11-13,19H,5,9-10,14H2,1-4H3,(H,26,28)(H2,24,25,31). The minimum Gasteiger partial charge on any atom is -0.493 e. The van der Waals surface area contributed by atoms with Crippen molar-refractivity contribution < 1.29 is 14.3 Å². The van der Waals surface area contributed by atoms with Crippen molar-refractivity contribution in [3.8, 4) is 11.5 Å². The molecule has 0 aromatic heterocycles. The lowest BCUT2D eigenvalue weighted by atomic mass is 9.92. The molecular weight excluding hydrogens is 412 g/mol. The van der Waals surface area contributed by atoms with E-state index in [1.54, 1.807) is 14.2 Å². The van der Waals surface area contributed by atoms with E-state index in [-0.39, 0.29) is 12.1 Å². The first kappa shape index (κ1) is 22.7. The predicted octanol–water partition coefficient (Wildman–Crippen LogP) is 3.63. The monoisotopic (exact) mass is 442 g/mol. The SMILES string of the molecule is CCNC(=S)NCC1c2cc(OC)c(OC)cc2CCN1C(=O)Nc1cccc(C)c1. The van der Waals surface area contributed by atoms with Gasteiger partial charge in [-0.15, -0.1) is 0 Å². The summed E-state index contributed by atoms with van der Waals surface area (Å²) in [5.41, 5.74) is 4.03. The van der Waals surface area contributed by atoms with Gasteiger partial charge in [0.05, 0.1) is 20.3 Å². The molecule has 1 atom stereocenters. The Hall–Kier alpha value is -3.00. The van der Waals surface area contributed by atoms with Gasteiger partial charge >= 0.3 is 6.03 Å². The topological polar surface area (TPSA) is 74.9 Å². The van der Waals surface area contributed by atoms with Gasteiger partial charge in [0, 0.05) is 25.3 Å². The van der Waals surface area contributed by atoms with Crippen molar-refractivity contribution in [1.29, 1.82) is 0 Å². The number of methoxy groups -OCH3 is 2. The fraction of sp³-hybridized carbons (Fsp3) is 0.391. The van der Waals surface area contributed by atoms with Crippen molar-refractivity contribution in [2.24, 2.45) is 0 Å². The number of nitrogens with one attached hydrogen (secondary N) is 3. The fourth-order valence-corrected chi connectivity index (χ4v) is 4.05. The highest BCUT2D eigenvalue weighted by molar-refractivity contribution is 7.80. The number of urea groups is 1. The molecular formula is C23H30N4O3S. The second kappa shape index (κ2) is 10.3. The zero-order valence-corrected chi connectivity index (χ0v) is 19.3. The summed E-state index contributed by atoms with van der Waals surface area (Å²) in [7, 11) is 3.24. The highest BCUT2D eigenvalue weighted by Crippen LogP contribution is 2.38. The summed E-state index contributed by atoms with van der Waals surface area (Å²) in [5, 5.41) is 9.94. The van der Waals surface area contributed by atoms with E-state index in [9.17, 15) is 4.79 Å². The number of amides is 2. The summed E-state index contributed by atoms with van der Waals surface area (Å²) >= 11 is 5.35. The van der Waals surface area contributed by atoms with Crippen LogP contribution in [0.3, 0.4) is 0 Å². The quantitative estimate of drug-likeness (QED) is 0.594. The number of fused-ring (bicyclic) bond motifs is 1. The predicted molar refractivity (Wildman–Crippen MR) is 127 cm³/mol. The molecule has 0 saturated carbocycles. The van der Waals surface area contributed by atoms with Crippen LogP contribution < -0.4 is 25.4 Å². The molecule has 2 aromatic carbocycles. The largest absolute Gasteiger partial charge is 0.493 e. The molecule has 1 unspecified atom stereocenters. The third kappa shape index (κ3) is 5.38. The lowest BCUT2D eigenvalue weighted by molar-refractivity contribution is 0.182. The Kier molecular flexibility index (Phi) is 7.57. The molecule has 3 N–H and O–H groups in total. The van der Waals surface area contributed by atoms with Crippen LogP contribution in [0.1, 0.15) is 29.7 Å². The summed E-state index contributed by atoms with van der Waals surface area (Å²) in [6, 6.07) is 11.4. The van der Waals surface area contributed by atoms with Crippen LogP contribution in [0.4, 0.5) is 10.5 Å². The van der Waals surface area contributed by atoms with Gasteiger partial charge in [-0.3, -0.25) is 0 Å². The highest BCUT2D eigenvalue weighted by Gasteiger charge is 2.32. The van der Waals surface area contributed by atoms with Crippen LogP contribution in [0.5, 0.6) is 11.5 Å². The number of nitrogens with zero attached hydrogens (tertiary/aromatic N) is 1. The molecule has 0 bridgehead atoms. The van der Waals surface area contributed by atoms with Crippen molar-refractivity contribution >= 4 is 29.0 Å². The van der Waals surface area contributed by atoms with Crippen LogP contribution in [0.2, 0.25) is 0 Å². The molecule has 8 heteroatoms. The minimum atomic E-state index is -0.218. The van der Waals surface area contributed by atoms with Gasteiger partial charge in [-0.25, -0.2) is 4.79 Å². The third-order valence-corrected chi connectivity index (χ3v) is 5.61. The van der Waals surface area contributed by atoms with Crippen molar-refractivity contribution in [3.05, 3.63) is 53.1 Å². The molecule has 0 saturated heterocycles. The van der Waals surface area contributed by atoms with Gasteiger partial charge in [0.2, 0.25) is 0 Å². The van der Waals surface area contributed by atoms with E-state index in [1.807, 2.05) is 55.1 Å². The van der Waals surface area contributed by atoms with E-state index in [2.05, 4.69) is 16.0 Å². The Bertz CT molecular complexity index is 950. The number of hydrogen-bond donors (Lipinski definition) is 3. The second-order valence-electron chi connectivity index (χ2n) is 7.41. The summed E-state index contributed by atoms with van der Waals surface area (Å²) in [5.74, 6) is 1.33. The average molecular weight is 443 g/mol. The normalized spacial score (nSPS) is 15.0. The number of carbonyl (C=O) groups excluding carboxylic acids is 1. The summed E-state index contributed by atoms with van der Waals surface area (Å²) in [4.78, 5) is 15.1.